The molecule has 5 aromatic rings. The zero-order chi connectivity index (χ0) is 26.1. The number of amides is 1. The standard InChI is InChI=1S/C32H27N3O3/c36-31(33-26-13-7-10-22(19-26)21-8-2-1-3-9-21)24-12-6-11-23(18-24)30-34-28-20-25(32(37)38)16-17-29(28)35(30)27-14-4-5-15-27/h1-3,6-13,16-20,27H,4-5,14-15H2,(H,33,36)(H,37,38). The summed E-state index contributed by atoms with van der Waals surface area (Å²) < 4.78 is 2.23. The molecule has 1 aliphatic carbocycles. The summed E-state index contributed by atoms with van der Waals surface area (Å²) in [5, 5.41) is 12.5. The van der Waals surface area contributed by atoms with Crippen molar-refractivity contribution in [1.82, 2.24) is 9.55 Å². The number of fused-ring (bicyclic) bond motifs is 1. The average molecular weight is 502 g/mol. The Morgan fingerprint density at radius 1 is 0.763 bits per heavy atom. The lowest BCUT2D eigenvalue weighted by Crippen LogP contribution is -2.12. The van der Waals surface area contributed by atoms with Gasteiger partial charge in [0.15, 0.2) is 0 Å². The molecule has 0 spiro atoms. The molecule has 0 radical (unpaired) electrons. The summed E-state index contributed by atoms with van der Waals surface area (Å²) in [7, 11) is 0. The fourth-order valence-electron chi connectivity index (χ4n) is 5.38. The van der Waals surface area contributed by atoms with Crippen LogP contribution in [0.5, 0.6) is 0 Å². The number of aromatic nitrogens is 2. The van der Waals surface area contributed by atoms with Gasteiger partial charge in [0.05, 0.1) is 16.6 Å². The molecule has 1 fully saturated rings. The topological polar surface area (TPSA) is 84.2 Å². The number of carbonyl (C=O) groups is 2. The highest BCUT2D eigenvalue weighted by Gasteiger charge is 2.24. The van der Waals surface area contributed by atoms with Gasteiger partial charge in [0.2, 0.25) is 0 Å². The molecular weight excluding hydrogens is 474 g/mol. The Bertz CT molecular complexity index is 1650. The van der Waals surface area contributed by atoms with E-state index in [1.165, 1.54) is 0 Å². The van der Waals surface area contributed by atoms with Gasteiger partial charge in [-0.25, -0.2) is 9.78 Å². The van der Waals surface area contributed by atoms with E-state index in [1.807, 2.05) is 78.9 Å². The quantitative estimate of drug-likeness (QED) is 0.253. The van der Waals surface area contributed by atoms with Gasteiger partial charge in [-0.05, 0) is 66.4 Å². The number of carboxylic acids is 1. The van der Waals surface area contributed by atoms with Crippen molar-refractivity contribution in [2.75, 3.05) is 5.32 Å². The molecule has 6 nitrogen and oxygen atoms in total. The Morgan fingerprint density at radius 2 is 1.50 bits per heavy atom. The Morgan fingerprint density at radius 3 is 2.29 bits per heavy atom. The minimum absolute atomic E-state index is 0.200. The minimum atomic E-state index is -0.973. The van der Waals surface area contributed by atoms with E-state index in [1.54, 1.807) is 18.2 Å². The maximum Gasteiger partial charge on any atom is 0.335 e. The first-order chi connectivity index (χ1) is 18.6. The van der Waals surface area contributed by atoms with Gasteiger partial charge in [0.1, 0.15) is 5.82 Å². The van der Waals surface area contributed by atoms with Crippen LogP contribution in [0.2, 0.25) is 0 Å². The second kappa shape index (κ2) is 9.98. The van der Waals surface area contributed by atoms with Gasteiger partial charge in [-0.1, -0.05) is 67.4 Å². The Kier molecular flexibility index (Phi) is 6.22. The number of nitrogens with zero attached hydrogens (tertiary/aromatic N) is 2. The molecule has 1 saturated carbocycles. The summed E-state index contributed by atoms with van der Waals surface area (Å²) in [6.07, 6.45) is 4.41. The third-order valence-electron chi connectivity index (χ3n) is 7.24. The van der Waals surface area contributed by atoms with E-state index in [0.717, 1.165) is 59.4 Å². The average Bonchev–Trinajstić information content (AvgIpc) is 3.61. The SMILES string of the molecule is O=C(O)c1ccc2c(c1)nc(-c1cccc(C(=O)Nc3cccc(-c4ccccc4)c3)c1)n2C1CCCC1. The summed E-state index contributed by atoms with van der Waals surface area (Å²) in [5.74, 6) is -0.414. The lowest BCUT2D eigenvalue weighted by atomic mass is 10.0. The van der Waals surface area contributed by atoms with Crippen molar-refractivity contribution in [3.8, 4) is 22.5 Å². The Balaban J connectivity index is 1.34. The van der Waals surface area contributed by atoms with Crippen molar-refractivity contribution < 1.29 is 14.7 Å². The molecule has 6 rings (SSSR count). The smallest absolute Gasteiger partial charge is 0.335 e. The Hall–Kier alpha value is -4.71. The predicted octanol–water partition coefficient (Wildman–Crippen LogP) is 7.44. The van der Waals surface area contributed by atoms with Crippen molar-refractivity contribution in [3.63, 3.8) is 0 Å². The van der Waals surface area contributed by atoms with Crippen LogP contribution in [0.4, 0.5) is 5.69 Å². The number of carbonyl (C=O) groups excluding carboxylic acids is 1. The van der Waals surface area contributed by atoms with Crippen molar-refractivity contribution in [2.24, 2.45) is 0 Å². The van der Waals surface area contributed by atoms with Crippen LogP contribution in [0.15, 0.2) is 97.1 Å². The van der Waals surface area contributed by atoms with E-state index in [9.17, 15) is 14.7 Å². The van der Waals surface area contributed by atoms with Gasteiger partial charge in [-0.3, -0.25) is 4.79 Å². The van der Waals surface area contributed by atoms with E-state index in [2.05, 4.69) is 9.88 Å². The molecule has 38 heavy (non-hydrogen) atoms. The largest absolute Gasteiger partial charge is 0.478 e. The molecule has 4 aromatic carbocycles. The van der Waals surface area contributed by atoms with Crippen LogP contribution in [0, 0.1) is 0 Å². The van der Waals surface area contributed by atoms with E-state index in [-0.39, 0.29) is 11.5 Å². The monoisotopic (exact) mass is 501 g/mol. The van der Waals surface area contributed by atoms with E-state index >= 15 is 0 Å². The van der Waals surface area contributed by atoms with Gasteiger partial charge < -0.3 is 15.0 Å². The number of anilines is 1. The van der Waals surface area contributed by atoms with Gasteiger partial charge in [-0.2, -0.15) is 0 Å². The summed E-state index contributed by atoms with van der Waals surface area (Å²) in [5.41, 5.74) is 5.99. The lowest BCUT2D eigenvalue weighted by Gasteiger charge is -2.17. The highest BCUT2D eigenvalue weighted by molar-refractivity contribution is 6.05. The minimum Gasteiger partial charge on any atom is -0.478 e. The van der Waals surface area contributed by atoms with Gasteiger partial charge in [0.25, 0.3) is 5.91 Å². The lowest BCUT2D eigenvalue weighted by molar-refractivity contribution is 0.0696. The summed E-state index contributed by atoms with van der Waals surface area (Å²) in [6, 6.07) is 30.7. The number of nitrogens with one attached hydrogen (secondary N) is 1. The molecule has 0 saturated heterocycles. The second-order valence-electron chi connectivity index (χ2n) is 9.73. The fourth-order valence-corrected chi connectivity index (χ4v) is 5.38. The zero-order valence-corrected chi connectivity index (χ0v) is 20.8. The molecule has 1 aliphatic rings. The molecular formula is C32H27N3O3. The first kappa shape index (κ1) is 23.7. The van der Waals surface area contributed by atoms with Gasteiger partial charge in [-0.15, -0.1) is 0 Å². The molecule has 0 aliphatic heterocycles. The molecule has 0 unspecified atom stereocenters. The summed E-state index contributed by atoms with van der Waals surface area (Å²) in [4.78, 5) is 29.7. The molecule has 188 valence electrons. The second-order valence-corrected chi connectivity index (χ2v) is 9.73. The maximum atomic E-state index is 13.3. The van der Waals surface area contributed by atoms with Gasteiger partial charge in [0, 0.05) is 22.9 Å². The van der Waals surface area contributed by atoms with Crippen molar-refractivity contribution in [2.45, 2.75) is 31.7 Å². The summed E-state index contributed by atoms with van der Waals surface area (Å²) in [6.45, 7) is 0. The number of rotatable bonds is 6. The van der Waals surface area contributed by atoms with E-state index < -0.39 is 5.97 Å². The van der Waals surface area contributed by atoms with Crippen LogP contribution in [0.3, 0.4) is 0 Å². The molecule has 2 N–H and O–H groups in total. The number of aromatic carboxylic acids is 1. The Labute approximate surface area is 220 Å². The molecule has 6 heteroatoms. The third kappa shape index (κ3) is 4.57. The zero-order valence-electron chi connectivity index (χ0n) is 20.8. The molecule has 0 atom stereocenters. The predicted molar refractivity (Wildman–Crippen MR) is 149 cm³/mol. The van der Waals surface area contributed by atoms with E-state index in [4.69, 9.17) is 4.98 Å². The molecule has 1 amide bonds. The maximum absolute atomic E-state index is 13.3. The number of imidazole rings is 1. The number of hydrogen-bond donors (Lipinski definition) is 2. The van der Waals surface area contributed by atoms with Crippen LogP contribution >= 0.6 is 0 Å². The first-order valence-electron chi connectivity index (χ1n) is 12.9. The number of benzene rings is 4. The van der Waals surface area contributed by atoms with Crippen LogP contribution in [0.25, 0.3) is 33.5 Å². The van der Waals surface area contributed by atoms with Crippen molar-refractivity contribution >= 4 is 28.6 Å². The first-order valence-corrected chi connectivity index (χ1v) is 12.9. The van der Waals surface area contributed by atoms with Crippen LogP contribution in [-0.4, -0.2) is 26.5 Å². The highest BCUT2D eigenvalue weighted by Crippen LogP contribution is 2.37. The molecule has 0 bridgehead atoms. The molecule has 1 aromatic heterocycles. The normalized spacial score (nSPS) is 13.6. The highest BCUT2D eigenvalue weighted by atomic mass is 16.4. The van der Waals surface area contributed by atoms with Crippen LogP contribution < -0.4 is 5.32 Å². The summed E-state index contributed by atoms with van der Waals surface area (Å²) >= 11 is 0. The fraction of sp³-hybridized carbons (Fsp3) is 0.156. The molecule has 1 heterocycles. The van der Waals surface area contributed by atoms with Gasteiger partial charge >= 0.3 is 5.97 Å². The van der Waals surface area contributed by atoms with Crippen molar-refractivity contribution in [3.05, 3.63) is 108 Å². The van der Waals surface area contributed by atoms with Crippen LogP contribution in [-0.2, 0) is 0 Å². The van der Waals surface area contributed by atoms with Crippen LogP contribution in [0.1, 0.15) is 52.4 Å². The number of carboxylic acid groups (broad SMARTS) is 1. The van der Waals surface area contributed by atoms with Crippen molar-refractivity contribution in [1.29, 1.82) is 0 Å². The van der Waals surface area contributed by atoms with E-state index in [0.29, 0.717) is 17.1 Å². The third-order valence-corrected chi connectivity index (χ3v) is 7.24. The number of hydrogen-bond acceptors (Lipinski definition) is 3.